The van der Waals surface area contributed by atoms with E-state index in [-0.39, 0.29) is 5.54 Å². The molecule has 0 aliphatic heterocycles. The van der Waals surface area contributed by atoms with Crippen molar-refractivity contribution >= 4 is 11.3 Å². The van der Waals surface area contributed by atoms with Gasteiger partial charge in [-0.15, -0.1) is 11.3 Å². The number of aromatic nitrogens is 1. The summed E-state index contributed by atoms with van der Waals surface area (Å²) >= 11 is 1.69. The maximum absolute atomic E-state index is 6.49. The van der Waals surface area contributed by atoms with Crippen LogP contribution in [0.15, 0.2) is 11.6 Å². The number of hydrogen-bond donors (Lipinski definition) is 1. The molecule has 1 fully saturated rings. The Morgan fingerprint density at radius 3 is 2.71 bits per heavy atom. The van der Waals surface area contributed by atoms with E-state index < -0.39 is 0 Å². The highest BCUT2D eigenvalue weighted by Gasteiger charge is 2.57. The minimum atomic E-state index is -0.183. The Hall–Kier alpha value is -0.410. The number of hydrogen-bond acceptors (Lipinski definition) is 3. The first-order valence-corrected chi connectivity index (χ1v) is 6.07. The monoisotopic (exact) mass is 210 g/mol. The first-order chi connectivity index (χ1) is 6.50. The number of thiazole rings is 1. The lowest BCUT2D eigenvalue weighted by Crippen LogP contribution is -2.39. The summed E-state index contributed by atoms with van der Waals surface area (Å²) in [4.78, 5) is 4.38. The van der Waals surface area contributed by atoms with E-state index in [1.54, 1.807) is 11.3 Å². The largest absolute Gasteiger partial charge is 0.319 e. The van der Waals surface area contributed by atoms with E-state index in [2.05, 4.69) is 25.8 Å². The summed E-state index contributed by atoms with van der Waals surface area (Å²) in [6.07, 6.45) is 4.07. The van der Waals surface area contributed by atoms with Crippen LogP contribution in [0.4, 0.5) is 0 Å². The van der Waals surface area contributed by atoms with Gasteiger partial charge in [0.05, 0.1) is 5.54 Å². The predicted octanol–water partition coefficient (Wildman–Crippen LogP) is 2.75. The van der Waals surface area contributed by atoms with Crippen LogP contribution >= 0.6 is 11.3 Å². The molecule has 0 radical (unpaired) electrons. The van der Waals surface area contributed by atoms with Crippen LogP contribution in [0, 0.1) is 11.3 Å². The quantitative estimate of drug-likeness (QED) is 0.833. The van der Waals surface area contributed by atoms with Gasteiger partial charge in [0, 0.05) is 11.6 Å². The van der Waals surface area contributed by atoms with Gasteiger partial charge in [-0.05, 0) is 24.2 Å². The standard InChI is InChI=1S/C11H18N2S/c1-4-11(12,8-7-10(8,2)3)9-13-5-6-14-9/h5-6,8H,4,7,12H2,1-3H3. The Labute approximate surface area is 89.5 Å². The fourth-order valence-electron chi connectivity index (χ4n) is 2.35. The lowest BCUT2D eigenvalue weighted by atomic mass is 9.87. The molecule has 1 aromatic rings. The average Bonchev–Trinajstić information content (AvgIpc) is 2.62. The van der Waals surface area contributed by atoms with Crippen LogP contribution in [0.25, 0.3) is 0 Å². The summed E-state index contributed by atoms with van der Waals surface area (Å²) in [7, 11) is 0. The molecule has 1 aromatic heterocycles. The first kappa shape index (κ1) is 10.1. The highest BCUT2D eigenvalue weighted by atomic mass is 32.1. The molecule has 3 heteroatoms. The van der Waals surface area contributed by atoms with Gasteiger partial charge in [0.15, 0.2) is 0 Å². The van der Waals surface area contributed by atoms with Gasteiger partial charge in [-0.1, -0.05) is 20.8 Å². The van der Waals surface area contributed by atoms with Crippen LogP contribution in [0.2, 0.25) is 0 Å². The second-order valence-electron chi connectivity index (χ2n) is 4.98. The lowest BCUT2D eigenvalue weighted by molar-refractivity contribution is 0.319. The fraction of sp³-hybridized carbons (Fsp3) is 0.727. The van der Waals surface area contributed by atoms with Crippen LogP contribution in [0.5, 0.6) is 0 Å². The van der Waals surface area contributed by atoms with E-state index >= 15 is 0 Å². The summed E-state index contributed by atoms with van der Waals surface area (Å²) in [5.74, 6) is 0.603. The molecule has 0 spiro atoms. The second kappa shape index (κ2) is 3.04. The maximum atomic E-state index is 6.49. The summed E-state index contributed by atoms with van der Waals surface area (Å²) in [5, 5.41) is 3.12. The molecule has 0 bridgehead atoms. The summed E-state index contributed by atoms with van der Waals surface area (Å²) in [6, 6.07) is 0. The molecule has 2 nitrogen and oxygen atoms in total. The average molecular weight is 210 g/mol. The molecule has 1 aliphatic rings. The molecular weight excluding hydrogens is 192 g/mol. The van der Waals surface area contributed by atoms with Crippen LogP contribution in [-0.2, 0) is 5.54 Å². The molecule has 1 heterocycles. The molecule has 2 unspecified atom stereocenters. The van der Waals surface area contributed by atoms with Gasteiger partial charge in [0.2, 0.25) is 0 Å². The number of nitrogens with zero attached hydrogens (tertiary/aromatic N) is 1. The maximum Gasteiger partial charge on any atom is 0.113 e. The molecule has 2 rings (SSSR count). The van der Waals surface area contributed by atoms with Crippen molar-refractivity contribution in [3.05, 3.63) is 16.6 Å². The Bertz CT molecular complexity index is 318. The lowest BCUT2D eigenvalue weighted by Gasteiger charge is -2.27. The molecule has 78 valence electrons. The van der Waals surface area contributed by atoms with Crippen LogP contribution in [0.1, 0.15) is 38.6 Å². The molecule has 2 N–H and O–H groups in total. The summed E-state index contributed by atoms with van der Waals surface area (Å²) in [5.41, 5.74) is 6.72. The van der Waals surface area contributed by atoms with Crippen molar-refractivity contribution in [2.45, 2.75) is 39.2 Å². The van der Waals surface area contributed by atoms with Gasteiger partial charge in [-0.2, -0.15) is 0 Å². The van der Waals surface area contributed by atoms with Crippen molar-refractivity contribution in [3.63, 3.8) is 0 Å². The van der Waals surface area contributed by atoms with Crippen molar-refractivity contribution in [3.8, 4) is 0 Å². The second-order valence-corrected chi connectivity index (χ2v) is 5.87. The highest BCUT2D eigenvalue weighted by molar-refractivity contribution is 7.09. The Morgan fingerprint density at radius 2 is 2.36 bits per heavy atom. The highest BCUT2D eigenvalue weighted by Crippen LogP contribution is 2.60. The van der Waals surface area contributed by atoms with E-state index in [0.29, 0.717) is 11.3 Å². The zero-order chi connectivity index (χ0) is 10.4. The van der Waals surface area contributed by atoms with E-state index in [0.717, 1.165) is 11.4 Å². The van der Waals surface area contributed by atoms with Gasteiger partial charge in [0.25, 0.3) is 0 Å². The van der Waals surface area contributed by atoms with Crippen molar-refractivity contribution in [1.82, 2.24) is 4.98 Å². The van der Waals surface area contributed by atoms with Crippen LogP contribution < -0.4 is 5.73 Å². The molecule has 0 aromatic carbocycles. The van der Waals surface area contributed by atoms with Gasteiger partial charge < -0.3 is 5.73 Å². The number of nitrogens with two attached hydrogens (primary N) is 1. The van der Waals surface area contributed by atoms with Crippen molar-refractivity contribution in [1.29, 1.82) is 0 Å². The van der Waals surface area contributed by atoms with Crippen LogP contribution in [-0.4, -0.2) is 4.98 Å². The van der Waals surface area contributed by atoms with E-state index in [4.69, 9.17) is 5.73 Å². The van der Waals surface area contributed by atoms with Gasteiger partial charge >= 0.3 is 0 Å². The third-order valence-corrected chi connectivity index (χ3v) is 4.52. The summed E-state index contributed by atoms with van der Waals surface area (Å²) in [6.45, 7) is 6.75. The zero-order valence-corrected chi connectivity index (χ0v) is 9.90. The number of rotatable bonds is 3. The SMILES string of the molecule is CCC(N)(c1nccs1)C1CC1(C)C. The van der Waals surface area contributed by atoms with Crippen LogP contribution in [0.3, 0.4) is 0 Å². The third kappa shape index (κ3) is 1.39. The fourth-order valence-corrected chi connectivity index (χ4v) is 3.22. The van der Waals surface area contributed by atoms with Gasteiger partial charge in [0.1, 0.15) is 5.01 Å². The van der Waals surface area contributed by atoms with E-state index in [9.17, 15) is 0 Å². The molecule has 0 amide bonds. The Morgan fingerprint density at radius 1 is 1.71 bits per heavy atom. The topological polar surface area (TPSA) is 38.9 Å². The summed E-state index contributed by atoms with van der Waals surface area (Å²) < 4.78 is 0. The molecule has 0 saturated heterocycles. The predicted molar refractivity (Wildman–Crippen MR) is 60.2 cm³/mol. The van der Waals surface area contributed by atoms with Crippen molar-refractivity contribution in [2.75, 3.05) is 0 Å². The minimum Gasteiger partial charge on any atom is -0.319 e. The van der Waals surface area contributed by atoms with Crippen molar-refractivity contribution < 1.29 is 0 Å². The van der Waals surface area contributed by atoms with Gasteiger partial charge in [-0.25, -0.2) is 4.98 Å². The minimum absolute atomic E-state index is 0.183. The molecule has 1 aliphatic carbocycles. The zero-order valence-electron chi connectivity index (χ0n) is 9.08. The first-order valence-electron chi connectivity index (χ1n) is 5.19. The molecule has 14 heavy (non-hydrogen) atoms. The van der Waals surface area contributed by atoms with E-state index in [1.807, 2.05) is 11.6 Å². The van der Waals surface area contributed by atoms with Crippen molar-refractivity contribution in [2.24, 2.45) is 17.1 Å². The molecule has 1 saturated carbocycles. The van der Waals surface area contributed by atoms with Gasteiger partial charge in [-0.3, -0.25) is 0 Å². The smallest absolute Gasteiger partial charge is 0.113 e. The molecular formula is C11H18N2S. The van der Waals surface area contributed by atoms with E-state index in [1.165, 1.54) is 6.42 Å². The third-order valence-electron chi connectivity index (χ3n) is 3.55. The Kier molecular flexibility index (Phi) is 2.20. The Balaban J connectivity index is 2.28. The normalized spacial score (nSPS) is 28.4. The molecule has 2 atom stereocenters.